The van der Waals surface area contributed by atoms with Crippen molar-refractivity contribution in [2.24, 2.45) is 0 Å². The highest BCUT2D eigenvalue weighted by atomic mass is 16.2. The molecule has 1 aromatic heterocycles. The summed E-state index contributed by atoms with van der Waals surface area (Å²) in [5, 5.41) is 18.3. The van der Waals surface area contributed by atoms with E-state index >= 15 is 0 Å². The number of benzene rings is 2. The number of rotatable bonds is 9. The first-order valence-electron chi connectivity index (χ1n) is 8.98. The SMILES string of the molecule is Nc1cccc(Nc2nc(NCCCCO)nc(Nc3cccc(N)c3)n2)c1. The molecule has 1 heterocycles. The lowest BCUT2D eigenvalue weighted by Crippen LogP contribution is -2.11. The summed E-state index contributed by atoms with van der Waals surface area (Å²) in [6, 6.07) is 14.6. The van der Waals surface area contributed by atoms with Crippen LogP contribution in [0.4, 0.5) is 40.6 Å². The van der Waals surface area contributed by atoms with Crippen molar-refractivity contribution in [3.8, 4) is 0 Å². The first-order valence-corrected chi connectivity index (χ1v) is 8.98. The third-order valence-corrected chi connectivity index (χ3v) is 3.79. The van der Waals surface area contributed by atoms with Gasteiger partial charge in [-0.3, -0.25) is 0 Å². The summed E-state index contributed by atoms with van der Waals surface area (Å²) in [6.07, 6.45) is 1.51. The second-order valence-electron chi connectivity index (χ2n) is 6.16. The molecule has 0 atom stereocenters. The predicted molar refractivity (Wildman–Crippen MR) is 113 cm³/mol. The van der Waals surface area contributed by atoms with Gasteiger partial charge in [-0.25, -0.2) is 0 Å². The van der Waals surface area contributed by atoms with Gasteiger partial charge in [0.1, 0.15) is 0 Å². The van der Waals surface area contributed by atoms with Crippen LogP contribution >= 0.6 is 0 Å². The Balaban J connectivity index is 1.82. The van der Waals surface area contributed by atoms with Gasteiger partial charge in [-0.05, 0) is 49.2 Å². The summed E-state index contributed by atoms with van der Waals surface area (Å²) in [5.74, 6) is 1.17. The first kappa shape index (κ1) is 19.2. The van der Waals surface area contributed by atoms with E-state index in [4.69, 9.17) is 16.6 Å². The summed E-state index contributed by atoms with van der Waals surface area (Å²) in [5.41, 5.74) is 14.5. The minimum absolute atomic E-state index is 0.156. The number of aromatic nitrogens is 3. The topological polar surface area (TPSA) is 147 Å². The smallest absolute Gasteiger partial charge is 0.233 e. The minimum Gasteiger partial charge on any atom is -0.399 e. The van der Waals surface area contributed by atoms with Gasteiger partial charge in [-0.2, -0.15) is 15.0 Å². The van der Waals surface area contributed by atoms with Crippen molar-refractivity contribution >= 4 is 40.6 Å². The van der Waals surface area contributed by atoms with Crippen molar-refractivity contribution in [2.45, 2.75) is 12.8 Å². The van der Waals surface area contributed by atoms with Gasteiger partial charge in [0.15, 0.2) is 0 Å². The summed E-state index contributed by atoms with van der Waals surface area (Å²) in [6.45, 7) is 0.795. The molecule has 0 spiro atoms. The van der Waals surface area contributed by atoms with Crippen LogP contribution < -0.4 is 27.4 Å². The van der Waals surface area contributed by atoms with Crippen LogP contribution in [0.2, 0.25) is 0 Å². The molecule has 0 aliphatic heterocycles. The van der Waals surface area contributed by atoms with Crippen molar-refractivity contribution in [1.29, 1.82) is 0 Å². The summed E-state index contributed by atoms with van der Waals surface area (Å²) in [4.78, 5) is 13.2. The van der Waals surface area contributed by atoms with Crippen molar-refractivity contribution in [3.05, 3.63) is 48.5 Å². The highest BCUT2D eigenvalue weighted by Crippen LogP contribution is 2.21. The monoisotopic (exact) mass is 380 g/mol. The molecule has 0 radical (unpaired) electrons. The Morgan fingerprint density at radius 3 is 1.79 bits per heavy atom. The molecule has 0 bridgehead atoms. The number of hydrogen-bond donors (Lipinski definition) is 6. The number of aliphatic hydroxyl groups is 1. The van der Waals surface area contributed by atoms with E-state index < -0.39 is 0 Å². The lowest BCUT2D eigenvalue weighted by Gasteiger charge is -2.12. The summed E-state index contributed by atoms with van der Waals surface area (Å²) in [7, 11) is 0. The van der Waals surface area contributed by atoms with Crippen molar-refractivity contribution in [3.63, 3.8) is 0 Å². The highest BCUT2D eigenvalue weighted by Gasteiger charge is 2.08. The third kappa shape index (κ3) is 5.71. The fourth-order valence-corrected chi connectivity index (χ4v) is 2.49. The Labute approximate surface area is 163 Å². The van der Waals surface area contributed by atoms with E-state index in [-0.39, 0.29) is 6.61 Å². The lowest BCUT2D eigenvalue weighted by molar-refractivity contribution is 0.286. The van der Waals surface area contributed by atoms with E-state index in [1.165, 1.54) is 0 Å². The van der Waals surface area contributed by atoms with Crippen molar-refractivity contribution < 1.29 is 5.11 Å². The van der Waals surface area contributed by atoms with E-state index in [1.54, 1.807) is 24.3 Å². The Kier molecular flexibility index (Phi) is 6.42. The van der Waals surface area contributed by atoms with Gasteiger partial charge >= 0.3 is 0 Å². The van der Waals surface area contributed by atoms with Crippen molar-refractivity contribution in [2.75, 3.05) is 40.6 Å². The van der Waals surface area contributed by atoms with Gasteiger partial charge in [-0.15, -0.1) is 0 Å². The summed E-state index contributed by atoms with van der Waals surface area (Å²) >= 11 is 0. The minimum atomic E-state index is 0.156. The van der Waals surface area contributed by atoms with Crippen LogP contribution in [0.1, 0.15) is 12.8 Å². The van der Waals surface area contributed by atoms with Gasteiger partial charge in [0.05, 0.1) is 0 Å². The number of nitrogens with zero attached hydrogens (tertiary/aromatic N) is 3. The second-order valence-corrected chi connectivity index (χ2v) is 6.16. The van der Waals surface area contributed by atoms with Gasteiger partial charge < -0.3 is 32.5 Å². The number of aliphatic hydroxyl groups excluding tert-OH is 1. The van der Waals surface area contributed by atoms with E-state index in [2.05, 4.69) is 30.9 Å². The molecule has 0 unspecified atom stereocenters. The zero-order valence-electron chi connectivity index (χ0n) is 15.4. The van der Waals surface area contributed by atoms with Crippen LogP contribution in [0.3, 0.4) is 0 Å². The number of anilines is 7. The fraction of sp³-hybridized carbons (Fsp3) is 0.211. The molecule has 0 aliphatic carbocycles. The van der Waals surface area contributed by atoms with E-state index in [9.17, 15) is 0 Å². The number of nitrogens with two attached hydrogens (primary N) is 2. The van der Waals surface area contributed by atoms with E-state index in [0.29, 0.717) is 42.2 Å². The Morgan fingerprint density at radius 1 is 0.750 bits per heavy atom. The number of nitrogens with one attached hydrogen (secondary N) is 3. The van der Waals surface area contributed by atoms with Crippen LogP contribution in [-0.2, 0) is 0 Å². The van der Waals surface area contributed by atoms with Gasteiger partial charge in [0.25, 0.3) is 0 Å². The first-order chi connectivity index (χ1) is 13.6. The van der Waals surface area contributed by atoms with E-state index in [1.807, 2.05) is 24.3 Å². The molecule has 3 rings (SSSR count). The molecule has 3 aromatic rings. The maximum Gasteiger partial charge on any atom is 0.233 e. The number of nitrogen functional groups attached to an aromatic ring is 2. The molecule has 146 valence electrons. The fourth-order valence-electron chi connectivity index (χ4n) is 2.49. The van der Waals surface area contributed by atoms with Gasteiger partial charge in [-0.1, -0.05) is 12.1 Å². The molecule has 8 N–H and O–H groups in total. The van der Waals surface area contributed by atoms with Gasteiger partial charge in [0.2, 0.25) is 17.8 Å². The Morgan fingerprint density at radius 2 is 1.29 bits per heavy atom. The zero-order chi connectivity index (χ0) is 19.8. The predicted octanol–water partition coefficient (Wildman–Crippen LogP) is 2.71. The maximum atomic E-state index is 8.92. The molecule has 9 nitrogen and oxygen atoms in total. The highest BCUT2D eigenvalue weighted by molar-refractivity contribution is 5.63. The largest absolute Gasteiger partial charge is 0.399 e. The Hall–Kier alpha value is -3.59. The summed E-state index contributed by atoms with van der Waals surface area (Å²) < 4.78 is 0. The molecule has 0 saturated carbocycles. The third-order valence-electron chi connectivity index (χ3n) is 3.79. The van der Waals surface area contributed by atoms with Crippen molar-refractivity contribution in [1.82, 2.24) is 15.0 Å². The van der Waals surface area contributed by atoms with Gasteiger partial charge in [0, 0.05) is 35.9 Å². The van der Waals surface area contributed by atoms with E-state index in [0.717, 1.165) is 17.8 Å². The molecule has 28 heavy (non-hydrogen) atoms. The molecule has 0 saturated heterocycles. The van der Waals surface area contributed by atoms with Crippen LogP contribution in [-0.4, -0.2) is 33.2 Å². The molecule has 9 heteroatoms. The normalized spacial score (nSPS) is 10.5. The molecule has 0 fully saturated rings. The molecule has 2 aromatic carbocycles. The zero-order valence-corrected chi connectivity index (χ0v) is 15.4. The average Bonchev–Trinajstić information content (AvgIpc) is 2.65. The number of hydrogen-bond acceptors (Lipinski definition) is 9. The Bertz CT molecular complexity index is 852. The molecular weight excluding hydrogens is 356 g/mol. The second kappa shape index (κ2) is 9.38. The van der Waals surface area contributed by atoms with Crippen LogP contribution in [0, 0.1) is 0 Å². The standard InChI is InChI=1S/C19H24N8O/c20-13-5-3-7-15(11-13)23-18-25-17(22-9-1-2-10-28)26-19(27-18)24-16-8-4-6-14(21)12-16/h3-8,11-12,28H,1-2,9-10,20-21H2,(H3,22,23,24,25,26,27). The quantitative estimate of drug-likeness (QED) is 0.243. The van der Waals surface area contributed by atoms with Crippen LogP contribution in [0.5, 0.6) is 0 Å². The van der Waals surface area contributed by atoms with Crippen LogP contribution in [0.25, 0.3) is 0 Å². The van der Waals surface area contributed by atoms with Crippen LogP contribution in [0.15, 0.2) is 48.5 Å². The maximum absolute atomic E-state index is 8.92. The average molecular weight is 380 g/mol. The molecular formula is C19H24N8O. The molecule has 0 aliphatic rings. The molecule has 0 amide bonds. The number of unbranched alkanes of at least 4 members (excludes halogenated alkanes) is 1. The lowest BCUT2D eigenvalue weighted by atomic mass is 10.3.